The normalized spacial score (nSPS) is 15.5. The maximum Gasteiger partial charge on any atom is 0.278 e. The first kappa shape index (κ1) is 23.7. The number of sulfonamides is 1. The number of piperidine rings is 1. The van der Waals surface area contributed by atoms with E-state index in [2.05, 4.69) is 25.4 Å². The number of hydrogen-bond acceptors (Lipinski definition) is 7. The van der Waals surface area contributed by atoms with Crippen molar-refractivity contribution in [2.45, 2.75) is 30.3 Å². The molecule has 0 amide bonds. The average Bonchev–Trinajstić information content (AvgIpc) is 3.30. The van der Waals surface area contributed by atoms with Gasteiger partial charge < -0.3 is 5.32 Å². The summed E-state index contributed by atoms with van der Waals surface area (Å²) in [5, 5.41) is 8.40. The number of anilines is 1. The zero-order chi connectivity index (χ0) is 24.6. The molecule has 182 valence electrons. The van der Waals surface area contributed by atoms with Crippen LogP contribution in [0, 0.1) is 0 Å². The topological polar surface area (TPSA) is 126 Å². The van der Waals surface area contributed by atoms with Crippen LogP contribution in [-0.4, -0.2) is 50.5 Å². The summed E-state index contributed by atoms with van der Waals surface area (Å²) >= 11 is 12.0. The van der Waals surface area contributed by atoms with Gasteiger partial charge in [0.2, 0.25) is 16.0 Å². The van der Waals surface area contributed by atoms with Crippen LogP contribution in [-0.2, 0) is 16.6 Å². The molecule has 0 unspecified atom stereocenters. The van der Waals surface area contributed by atoms with E-state index in [1.165, 1.54) is 22.8 Å². The second kappa shape index (κ2) is 9.57. The Morgan fingerprint density at radius 1 is 1.11 bits per heavy atom. The molecule has 0 radical (unpaired) electrons. The van der Waals surface area contributed by atoms with E-state index < -0.39 is 10.0 Å². The van der Waals surface area contributed by atoms with Gasteiger partial charge in [0.25, 0.3) is 5.56 Å². The smallest absolute Gasteiger partial charge is 0.278 e. The van der Waals surface area contributed by atoms with E-state index in [-0.39, 0.29) is 16.5 Å². The van der Waals surface area contributed by atoms with Crippen molar-refractivity contribution in [3.05, 3.63) is 74.9 Å². The van der Waals surface area contributed by atoms with Crippen LogP contribution in [0.3, 0.4) is 0 Å². The monoisotopic (exact) mass is 533 g/mol. The molecule has 5 rings (SSSR count). The Morgan fingerprint density at radius 3 is 2.63 bits per heavy atom. The van der Waals surface area contributed by atoms with E-state index >= 15 is 0 Å². The Morgan fingerprint density at radius 2 is 1.91 bits per heavy atom. The Hall–Kier alpha value is -2.99. The van der Waals surface area contributed by atoms with Gasteiger partial charge in [-0.2, -0.15) is 9.40 Å². The first-order valence-corrected chi connectivity index (χ1v) is 13.1. The van der Waals surface area contributed by atoms with Gasteiger partial charge in [-0.25, -0.2) is 13.4 Å². The van der Waals surface area contributed by atoms with Crippen LogP contribution in [0.25, 0.3) is 11.0 Å². The summed E-state index contributed by atoms with van der Waals surface area (Å²) in [6, 6.07) is 8.29. The van der Waals surface area contributed by atoms with E-state index in [1.54, 1.807) is 29.1 Å². The Balaban J connectivity index is 1.30. The van der Waals surface area contributed by atoms with Crippen molar-refractivity contribution in [1.82, 2.24) is 29.0 Å². The number of pyridine rings is 1. The van der Waals surface area contributed by atoms with Gasteiger partial charge in [0.15, 0.2) is 5.52 Å². The minimum Gasteiger partial charge on any atom is -0.352 e. The largest absolute Gasteiger partial charge is 0.352 e. The molecule has 4 heterocycles. The maximum absolute atomic E-state index is 12.9. The predicted octanol–water partition coefficient (Wildman–Crippen LogP) is 3.46. The highest BCUT2D eigenvalue weighted by atomic mass is 35.5. The summed E-state index contributed by atoms with van der Waals surface area (Å²) in [6.07, 6.45) is 5.47. The van der Waals surface area contributed by atoms with Crippen LogP contribution >= 0.6 is 23.2 Å². The van der Waals surface area contributed by atoms with E-state index in [9.17, 15) is 13.2 Å². The van der Waals surface area contributed by atoms with Crippen molar-refractivity contribution in [2.24, 2.45) is 0 Å². The molecule has 0 saturated carbocycles. The minimum atomic E-state index is -3.61. The molecule has 2 N–H and O–H groups in total. The van der Waals surface area contributed by atoms with Crippen LogP contribution in [0.1, 0.15) is 24.4 Å². The maximum atomic E-state index is 12.9. The van der Waals surface area contributed by atoms with Crippen molar-refractivity contribution >= 4 is 50.2 Å². The quantitative estimate of drug-likeness (QED) is 0.388. The number of aromatic nitrogens is 5. The zero-order valence-corrected chi connectivity index (χ0v) is 20.7. The summed E-state index contributed by atoms with van der Waals surface area (Å²) < 4.78 is 28.8. The molecule has 4 aromatic rings. The molecule has 0 spiro atoms. The summed E-state index contributed by atoms with van der Waals surface area (Å²) in [4.78, 5) is 24.2. The van der Waals surface area contributed by atoms with E-state index in [0.29, 0.717) is 59.5 Å². The number of halogens is 2. The number of hydrogen-bond donors (Lipinski definition) is 2. The summed E-state index contributed by atoms with van der Waals surface area (Å²) in [6.45, 7) is 1.03. The molecular formula is C22H21Cl2N7O3S. The Kier molecular flexibility index (Phi) is 6.49. The molecular weight excluding hydrogens is 513 g/mol. The van der Waals surface area contributed by atoms with Crippen molar-refractivity contribution in [3.8, 4) is 0 Å². The fourth-order valence-corrected chi connectivity index (χ4v) is 5.90. The summed E-state index contributed by atoms with van der Waals surface area (Å²) in [5.41, 5.74) is 1.37. The highest BCUT2D eigenvalue weighted by molar-refractivity contribution is 7.89. The predicted molar refractivity (Wildman–Crippen MR) is 133 cm³/mol. The van der Waals surface area contributed by atoms with Gasteiger partial charge in [0.1, 0.15) is 10.4 Å². The zero-order valence-electron chi connectivity index (χ0n) is 18.4. The van der Waals surface area contributed by atoms with Crippen molar-refractivity contribution in [2.75, 3.05) is 18.4 Å². The van der Waals surface area contributed by atoms with Crippen molar-refractivity contribution < 1.29 is 8.42 Å². The van der Waals surface area contributed by atoms with Crippen LogP contribution < -0.4 is 10.9 Å². The molecule has 35 heavy (non-hydrogen) atoms. The van der Waals surface area contributed by atoms with Crippen LogP contribution in [0.5, 0.6) is 0 Å². The fourth-order valence-electron chi connectivity index (χ4n) is 4.14. The van der Waals surface area contributed by atoms with Gasteiger partial charge in [-0.3, -0.25) is 19.4 Å². The van der Waals surface area contributed by atoms with Crippen molar-refractivity contribution in [1.29, 1.82) is 0 Å². The number of nitrogens with one attached hydrogen (secondary N) is 2. The van der Waals surface area contributed by atoms with E-state index in [0.717, 1.165) is 5.56 Å². The fraction of sp³-hybridized carbons (Fsp3) is 0.273. The minimum absolute atomic E-state index is 0.120. The highest BCUT2D eigenvalue weighted by Crippen LogP contribution is 2.28. The molecule has 0 atom stereocenters. The SMILES string of the molecule is O=c1[nH]c(NCc2ccc(Cl)c(Cl)c2)nc2cnn(C3CCN(S(=O)(=O)c4cccnc4)CC3)c12. The number of nitrogens with zero attached hydrogens (tertiary/aromatic N) is 5. The molecule has 10 nitrogen and oxygen atoms in total. The van der Waals surface area contributed by atoms with Gasteiger partial charge in [-0.1, -0.05) is 29.3 Å². The molecule has 1 aromatic carbocycles. The molecule has 13 heteroatoms. The van der Waals surface area contributed by atoms with Crippen LogP contribution in [0.4, 0.5) is 5.95 Å². The molecule has 0 bridgehead atoms. The van der Waals surface area contributed by atoms with Crippen LogP contribution in [0.15, 0.2) is 58.6 Å². The third-order valence-corrected chi connectivity index (χ3v) is 8.56. The first-order chi connectivity index (χ1) is 16.8. The molecule has 1 aliphatic heterocycles. The van der Waals surface area contributed by atoms with Gasteiger partial charge in [-0.15, -0.1) is 0 Å². The number of H-pyrrole nitrogens is 1. The number of rotatable bonds is 6. The third-order valence-electron chi connectivity index (χ3n) is 5.94. The second-order valence-corrected chi connectivity index (χ2v) is 10.9. The summed E-state index contributed by atoms with van der Waals surface area (Å²) in [7, 11) is -3.61. The van der Waals surface area contributed by atoms with Gasteiger partial charge in [0, 0.05) is 32.0 Å². The van der Waals surface area contributed by atoms with Gasteiger partial charge in [-0.05, 0) is 42.7 Å². The third kappa shape index (κ3) is 4.76. The number of benzene rings is 1. The second-order valence-electron chi connectivity index (χ2n) is 8.16. The molecule has 1 aliphatic rings. The summed E-state index contributed by atoms with van der Waals surface area (Å²) in [5.74, 6) is 0.311. The van der Waals surface area contributed by atoms with E-state index in [4.69, 9.17) is 23.2 Å². The number of fused-ring (bicyclic) bond motifs is 1. The Labute approximate surface area is 211 Å². The van der Waals surface area contributed by atoms with Crippen LogP contribution in [0.2, 0.25) is 10.0 Å². The van der Waals surface area contributed by atoms with Crippen molar-refractivity contribution in [3.63, 3.8) is 0 Å². The highest BCUT2D eigenvalue weighted by Gasteiger charge is 2.31. The first-order valence-electron chi connectivity index (χ1n) is 10.9. The molecule has 3 aromatic heterocycles. The molecule has 1 fully saturated rings. The standard InChI is InChI=1S/C22H21Cl2N7O3S/c23-17-4-3-14(10-18(17)24)11-26-22-28-19-13-27-31(20(19)21(32)29-22)15-5-8-30(9-6-15)35(33,34)16-2-1-7-25-12-16/h1-4,7,10,12-13,15H,5-6,8-9,11H2,(H2,26,28,29,32). The lowest BCUT2D eigenvalue weighted by Gasteiger charge is -2.31. The van der Waals surface area contributed by atoms with Gasteiger partial charge in [0.05, 0.1) is 22.3 Å². The number of aromatic amines is 1. The molecule has 1 saturated heterocycles. The average molecular weight is 534 g/mol. The lowest BCUT2D eigenvalue weighted by atomic mass is 10.1. The molecule has 0 aliphatic carbocycles. The lowest BCUT2D eigenvalue weighted by Crippen LogP contribution is -2.39. The lowest BCUT2D eigenvalue weighted by molar-refractivity contribution is 0.265. The van der Waals surface area contributed by atoms with E-state index in [1.807, 2.05) is 6.07 Å². The Bertz CT molecular complexity index is 1530. The van der Waals surface area contributed by atoms with Gasteiger partial charge >= 0.3 is 0 Å².